The lowest BCUT2D eigenvalue weighted by atomic mass is 9.69. The Bertz CT molecular complexity index is 1290. The normalized spacial score (nSPS) is 18.5. The summed E-state index contributed by atoms with van der Waals surface area (Å²) in [5.74, 6) is -2.21. The molecule has 4 rings (SSSR count). The lowest BCUT2D eigenvalue weighted by molar-refractivity contribution is 0.0878. The van der Waals surface area contributed by atoms with Crippen LogP contribution in [0.4, 0.5) is 19.4 Å². The highest BCUT2D eigenvalue weighted by molar-refractivity contribution is 5.97. The topological polar surface area (TPSA) is 108 Å². The van der Waals surface area contributed by atoms with Crippen molar-refractivity contribution in [3.05, 3.63) is 76.5 Å². The van der Waals surface area contributed by atoms with Crippen LogP contribution in [0.1, 0.15) is 53.5 Å². The number of urea groups is 1. The lowest BCUT2D eigenvalue weighted by Crippen LogP contribution is -2.45. The number of benzene rings is 2. The number of anilines is 1. The van der Waals surface area contributed by atoms with Crippen LogP contribution in [0, 0.1) is 18.6 Å². The fourth-order valence-corrected chi connectivity index (χ4v) is 4.56. The quantitative estimate of drug-likeness (QED) is 0.454. The predicted molar refractivity (Wildman–Crippen MR) is 127 cm³/mol. The van der Waals surface area contributed by atoms with Gasteiger partial charge in [0.15, 0.2) is 17.3 Å². The molecule has 3 amide bonds. The Morgan fingerprint density at radius 2 is 1.80 bits per heavy atom. The summed E-state index contributed by atoms with van der Waals surface area (Å²) in [6.45, 7) is 5.30. The maximum Gasteiger partial charge on any atom is 0.320 e. The second kappa shape index (κ2) is 9.10. The summed E-state index contributed by atoms with van der Waals surface area (Å²) < 4.78 is 29.5. The molecule has 3 aromatic rings. The summed E-state index contributed by atoms with van der Waals surface area (Å²) in [6.07, 6.45) is -0.799. The predicted octanol–water partition coefficient (Wildman–Crippen LogP) is 3.72. The van der Waals surface area contributed by atoms with E-state index in [1.165, 1.54) is 11.7 Å². The van der Waals surface area contributed by atoms with Crippen molar-refractivity contribution >= 4 is 17.8 Å². The van der Waals surface area contributed by atoms with Gasteiger partial charge in [-0.3, -0.25) is 10.1 Å². The Balaban J connectivity index is 1.68. The van der Waals surface area contributed by atoms with Gasteiger partial charge in [-0.1, -0.05) is 32.0 Å². The van der Waals surface area contributed by atoms with Gasteiger partial charge in [0.2, 0.25) is 0 Å². The molecule has 0 radical (unpaired) electrons. The van der Waals surface area contributed by atoms with E-state index in [0.717, 1.165) is 12.1 Å². The molecule has 8 nitrogen and oxygen atoms in total. The van der Waals surface area contributed by atoms with Gasteiger partial charge in [-0.25, -0.2) is 18.3 Å². The fourth-order valence-electron chi connectivity index (χ4n) is 4.56. The van der Waals surface area contributed by atoms with Crippen LogP contribution in [0.15, 0.2) is 42.5 Å². The third-order valence-electron chi connectivity index (χ3n) is 6.34. The molecule has 184 valence electrons. The van der Waals surface area contributed by atoms with Crippen LogP contribution in [0.2, 0.25) is 0 Å². The number of aromatic nitrogens is 2. The number of nitrogens with zero attached hydrogens (tertiary/aromatic N) is 2. The Morgan fingerprint density at radius 3 is 2.46 bits per heavy atom. The van der Waals surface area contributed by atoms with Gasteiger partial charge < -0.3 is 15.7 Å². The number of rotatable bonds is 4. The average Bonchev–Trinajstić information content (AvgIpc) is 3.13. The van der Waals surface area contributed by atoms with Crippen molar-refractivity contribution in [3.8, 4) is 5.69 Å². The van der Waals surface area contributed by atoms with Crippen molar-refractivity contribution in [1.82, 2.24) is 20.4 Å². The number of hydrogen-bond donors (Lipinski definition) is 4. The molecule has 0 saturated carbocycles. The van der Waals surface area contributed by atoms with E-state index in [1.54, 1.807) is 31.2 Å². The molecule has 1 aliphatic rings. The highest BCUT2D eigenvalue weighted by Gasteiger charge is 2.40. The minimum absolute atomic E-state index is 0.133. The Hall–Kier alpha value is -3.79. The third kappa shape index (κ3) is 4.49. The van der Waals surface area contributed by atoms with Crippen LogP contribution in [0.25, 0.3) is 5.69 Å². The van der Waals surface area contributed by atoms with E-state index in [1.807, 2.05) is 19.9 Å². The first-order valence-electron chi connectivity index (χ1n) is 11.2. The highest BCUT2D eigenvalue weighted by atomic mass is 19.2. The minimum atomic E-state index is -1.06. The number of carbonyl (C=O) groups is 2. The van der Waals surface area contributed by atoms with Gasteiger partial charge in [0.05, 0.1) is 17.8 Å². The first kappa shape index (κ1) is 24.3. The number of carbonyl (C=O) groups excluding carboxylic acids is 2. The van der Waals surface area contributed by atoms with Crippen LogP contribution < -0.4 is 16.0 Å². The number of halogens is 2. The van der Waals surface area contributed by atoms with E-state index in [2.05, 4.69) is 21.0 Å². The molecule has 1 aromatic heterocycles. The van der Waals surface area contributed by atoms with Gasteiger partial charge in [-0.2, -0.15) is 5.10 Å². The summed E-state index contributed by atoms with van der Waals surface area (Å²) in [7, 11) is 1.48. The summed E-state index contributed by atoms with van der Waals surface area (Å²) in [5, 5.41) is 23.1. The van der Waals surface area contributed by atoms with E-state index in [4.69, 9.17) is 0 Å². The van der Waals surface area contributed by atoms with E-state index >= 15 is 0 Å². The lowest BCUT2D eigenvalue weighted by Gasteiger charge is -2.40. The van der Waals surface area contributed by atoms with Crippen molar-refractivity contribution in [3.63, 3.8) is 0 Å². The summed E-state index contributed by atoms with van der Waals surface area (Å²) in [4.78, 5) is 25.4. The number of hydrogen-bond acceptors (Lipinski definition) is 4. The fraction of sp³-hybridized carbons (Fsp3) is 0.320. The molecule has 4 N–H and O–H groups in total. The van der Waals surface area contributed by atoms with Crippen LogP contribution >= 0.6 is 0 Å². The van der Waals surface area contributed by atoms with Gasteiger partial charge in [-0.05, 0) is 54.2 Å². The molecule has 0 fully saturated rings. The van der Waals surface area contributed by atoms with E-state index in [-0.39, 0.29) is 17.9 Å². The van der Waals surface area contributed by atoms with Crippen LogP contribution in [0.5, 0.6) is 0 Å². The molecule has 0 aliphatic heterocycles. The van der Waals surface area contributed by atoms with Crippen molar-refractivity contribution in [2.75, 3.05) is 12.4 Å². The van der Waals surface area contributed by atoms with Gasteiger partial charge in [0.1, 0.15) is 5.82 Å². The maximum absolute atomic E-state index is 14.1. The number of fused-ring (bicyclic) bond motifs is 1. The summed E-state index contributed by atoms with van der Waals surface area (Å²) >= 11 is 0. The molecule has 1 heterocycles. The van der Waals surface area contributed by atoms with Gasteiger partial charge in [0.25, 0.3) is 5.91 Å². The van der Waals surface area contributed by atoms with Crippen molar-refractivity contribution < 1.29 is 23.5 Å². The summed E-state index contributed by atoms with van der Waals surface area (Å²) in [6, 6.07) is 9.41. The van der Waals surface area contributed by atoms with Gasteiger partial charge in [0, 0.05) is 12.6 Å². The molecule has 2 aromatic carbocycles. The SMILES string of the molecule is CNC(=O)c1nn(-c2ccccc2)c(NC(=O)N[C@@H]2c3cc(F)c(F)cc3C(C)(C)C[C@H]2O)c1C. The number of para-hydroxylation sites is 1. The van der Waals surface area contributed by atoms with Crippen LogP contribution in [0.3, 0.4) is 0 Å². The van der Waals surface area contributed by atoms with Crippen LogP contribution in [-0.4, -0.2) is 40.0 Å². The first-order chi connectivity index (χ1) is 16.5. The van der Waals surface area contributed by atoms with E-state index < -0.39 is 41.1 Å². The third-order valence-corrected chi connectivity index (χ3v) is 6.34. The van der Waals surface area contributed by atoms with Crippen molar-refractivity contribution in [1.29, 1.82) is 0 Å². The Kier molecular flexibility index (Phi) is 6.33. The molecular formula is C25H27F2N5O3. The number of amides is 3. The smallest absolute Gasteiger partial charge is 0.320 e. The molecule has 10 heteroatoms. The number of aliphatic hydroxyl groups excluding tert-OH is 1. The molecule has 1 aliphatic carbocycles. The molecule has 0 unspecified atom stereocenters. The van der Waals surface area contributed by atoms with Gasteiger partial charge in [-0.15, -0.1) is 0 Å². The maximum atomic E-state index is 14.1. The molecule has 35 heavy (non-hydrogen) atoms. The first-order valence-corrected chi connectivity index (χ1v) is 11.2. The zero-order valence-electron chi connectivity index (χ0n) is 19.8. The largest absolute Gasteiger partial charge is 0.391 e. The van der Waals surface area contributed by atoms with E-state index in [9.17, 15) is 23.5 Å². The molecular weight excluding hydrogens is 456 g/mol. The zero-order valence-corrected chi connectivity index (χ0v) is 19.8. The second-order valence-electron chi connectivity index (χ2n) is 9.23. The standard InChI is InChI=1S/C25H27F2N5O3/c1-13-20(23(34)28-4)31-32(14-8-6-5-7-9-14)22(13)30-24(35)29-21-15-10-17(26)18(27)11-16(15)25(2,3)12-19(21)33/h5-11,19,21,33H,12H2,1-4H3,(H,28,34)(H2,29,30,35)/t19-,21-/m1/s1. The monoisotopic (exact) mass is 483 g/mol. The minimum Gasteiger partial charge on any atom is -0.391 e. The average molecular weight is 484 g/mol. The Labute approximate surface area is 201 Å². The summed E-state index contributed by atoms with van der Waals surface area (Å²) in [5.41, 5.74) is 1.38. The molecule has 0 spiro atoms. The Morgan fingerprint density at radius 1 is 1.14 bits per heavy atom. The van der Waals surface area contributed by atoms with Crippen molar-refractivity contribution in [2.45, 2.75) is 44.8 Å². The molecule has 0 bridgehead atoms. The molecule has 0 saturated heterocycles. The number of aliphatic hydroxyl groups is 1. The number of nitrogens with one attached hydrogen (secondary N) is 3. The zero-order chi connectivity index (χ0) is 25.5. The van der Waals surface area contributed by atoms with Crippen molar-refractivity contribution in [2.24, 2.45) is 0 Å². The van der Waals surface area contributed by atoms with Gasteiger partial charge >= 0.3 is 6.03 Å². The second-order valence-corrected chi connectivity index (χ2v) is 9.23. The van der Waals surface area contributed by atoms with E-state index in [0.29, 0.717) is 22.4 Å². The van der Waals surface area contributed by atoms with Crippen LogP contribution in [-0.2, 0) is 5.41 Å². The highest BCUT2D eigenvalue weighted by Crippen LogP contribution is 2.42. The molecule has 2 atom stereocenters.